The summed E-state index contributed by atoms with van der Waals surface area (Å²) < 4.78 is 0. The van der Waals surface area contributed by atoms with Crippen LogP contribution in [0.4, 0.5) is 0 Å². The van der Waals surface area contributed by atoms with Crippen molar-refractivity contribution in [2.24, 2.45) is 5.92 Å². The van der Waals surface area contributed by atoms with Gasteiger partial charge in [-0.3, -0.25) is 0 Å². The van der Waals surface area contributed by atoms with Crippen LogP contribution in [0.15, 0.2) is 43.0 Å². The number of allylic oxidation sites excluding steroid dienone is 1. The predicted octanol–water partition coefficient (Wildman–Crippen LogP) is 6.88. The van der Waals surface area contributed by atoms with Crippen LogP contribution < -0.4 is 0 Å². The van der Waals surface area contributed by atoms with Crippen LogP contribution in [0.3, 0.4) is 0 Å². The molecule has 22 heavy (non-hydrogen) atoms. The lowest BCUT2D eigenvalue weighted by atomic mass is 9.91. The summed E-state index contributed by atoms with van der Waals surface area (Å²) in [5.74, 6) is 1.32. The molecule has 0 saturated heterocycles. The fraction of sp³-hybridized carbons (Fsp3) is 0.619. The van der Waals surface area contributed by atoms with Crippen LogP contribution in [0, 0.1) is 5.92 Å². The minimum absolute atomic E-state index is 0.322. The molecule has 1 heteroatoms. The minimum Gasteiger partial charge on any atom is -0.508 e. The first kappa shape index (κ1) is 18.8. The number of rotatable bonds is 3. The van der Waals surface area contributed by atoms with Crippen LogP contribution in [0.1, 0.15) is 77.0 Å². The molecule has 0 aliphatic heterocycles. The van der Waals surface area contributed by atoms with E-state index in [0.717, 1.165) is 5.92 Å². The molecule has 0 atom stereocenters. The molecule has 0 radical (unpaired) electrons. The molecule has 0 bridgehead atoms. The fourth-order valence-electron chi connectivity index (χ4n) is 3.14. The van der Waals surface area contributed by atoms with E-state index in [2.05, 4.69) is 12.7 Å². The van der Waals surface area contributed by atoms with Crippen molar-refractivity contribution in [3.8, 4) is 5.75 Å². The first-order valence-corrected chi connectivity index (χ1v) is 9.18. The van der Waals surface area contributed by atoms with Gasteiger partial charge in [-0.2, -0.15) is 0 Å². The zero-order chi connectivity index (χ0) is 15.9. The van der Waals surface area contributed by atoms with Crippen LogP contribution in [-0.4, -0.2) is 5.11 Å². The molecule has 1 N–H and O–H groups in total. The quantitative estimate of drug-likeness (QED) is 0.604. The average Bonchev–Trinajstić information content (AvgIpc) is 2.60. The highest BCUT2D eigenvalue weighted by atomic mass is 16.3. The van der Waals surface area contributed by atoms with Crippen molar-refractivity contribution in [3.63, 3.8) is 0 Å². The van der Waals surface area contributed by atoms with Crippen molar-refractivity contribution in [2.75, 3.05) is 0 Å². The normalized spacial score (nSPS) is 17.6. The molecule has 1 fully saturated rings. The molecule has 1 aromatic carbocycles. The molecule has 0 unspecified atom stereocenters. The molecule has 0 spiro atoms. The van der Waals surface area contributed by atoms with Crippen LogP contribution in [0.2, 0.25) is 0 Å². The third kappa shape index (κ3) is 10.5. The van der Waals surface area contributed by atoms with Crippen molar-refractivity contribution in [2.45, 2.75) is 77.0 Å². The summed E-state index contributed by atoms with van der Waals surface area (Å²) in [6.45, 7) is 3.84. The van der Waals surface area contributed by atoms with E-state index in [4.69, 9.17) is 5.11 Å². The Bertz CT molecular complexity index is 345. The summed E-state index contributed by atoms with van der Waals surface area (Å²) in [6.07, 6.45) is 19.5. The van der Waals surface area contributed by atoms with Crippen molar-refractivity contribution in [1.82, 2.24) is 0 Å². The zero-order valence-corrected chi connectivity index (χ0v) is 14.2. The van der Waals surface area contributed by atoms with Gasteiger partial charge in [0.15, 0.2) is 0 Å². The first-order valence-electron chi connectivity index (χ1n) is 9.18. The third-order valence-corrected chi connectivity index (χ3v) is 4.51. The molecule has 0 amide bonds. The van der Waals surface area contributed by atoms with E-state index in [1.54, 1.807) is 24.3 Å². The molecule has 0 aromatic heterocycles. The monoisotopic (exact) mass is 302 g/mol. The fourth-order valence-corrected chi connectivity index (χ4v) is 3.14. The summed E-state index contributed by atoms with van der Waals surface area (Å²) >= 11 is 0. The minimum atomic E-state index is 0.322. The van der Waals surface area contributed by atoms with Crippen LogP contribution in [0.25, 0.3) is 0 Å². The highest BCUT2D eigenvalue weighted by molar-refractivity contribution is 5.18. The molecule has 1 aromatic rings. The second kappa shape index (κ2) is 13.4. The molecule has 2 rings (SSSR count). The molecule has 124 valence electrons. The number of phenolic OH excluding ortho intramolecular Hbond substituents is 1. The van der Waals surface area contributed by atoms with Crippen molar-refractivity contribution >= 4 is 0 Å². The van der Waals surface area contributed by atoms with E-state index < -0.39 is 0 Å². The maximum Gasteiger partial charge on any atom is 0.115 e. The van der Waals surface area contributed by atoms with Gasteiger partial charge in [0.05, 0.1) is 0 Å². The maximum atomic E-state index is 8.63. The molecular weight excluding hydrogens is 268 g/mol. The third-order valence-electron chi connectivity index (χ3n) is 4.51. The predicted molar refractivity (Wildman–Crippen MR) is 97.2 cm³/mol. The van der Waals surface area contributed by atoms with E-state index >= 15 is 0 Å². The van der Waals surface area contributed by atoms with Crippen LogP contribution in [0.5, 0.6) is 5.75 Å². The lowest BCUT2D eigenvalue weighted by molar-refractivity contribution is 0.392. The molecular formula is C21H34O. The van der Waals surface area contributed by atoms with Crippen molar-refractivity contribution in [3.05, 3.63) is 43.0 Å². The summed E-state index contributed by atoms with van der Waals surface area (Å²) in [5.41, 5.74) is 0. The molecule has 1 aliphatic carbocycles. The van der Waals surface area contributed by atoms with Gasteiger partial charge in [-0.05, 0) is 30.9 Å². The Morgan fingerprint density at radius 3 is 1.77 bits per heavy atom. The van der Waals surface area contributed by atoms with Gasteiger partial charge < -0.3 is 5.11 Å². The van der Waals surface area contributed by atoms with Crippen LogP contribution >= 0.6 is 0 Å². The number of phenols is 1. The van der Waals surface area contributed by atoms with Gasteiger partial charge in [-0.15, -0.1) is 6.58 Å². The Labute approximate surface area is 137 Å². The van der Waals surface area contributed by atoms with Gasteiger partial charge in [-0.25, -0.2) is 0 Å². The van der Waals surface area contributed by atoms with Gasteiger partial charge in [0.25, 0.3) is 0 Å². The van der Waals surface area contributed by atoms with Gasteiger partial charge >= 0.3 is 0 Å². The first-order chi connectivity index (χ1) is 10.8. The number of benzene rings is 1. The second-order valence-electron chi connectivity index (χ2n) is 6.47. The average molecular weight is 303 g/mol. The summed E-state index contributed by atoms with van der Waals surface area (Å²) in [7, 11) is 0. The zero-order valence-electron chi connectivity index (χ0n) is 14.2. The smallest absolute Gasteiger partial charge is 0.115 e. The van der Waals surface area contributed by atoms with Gasteiger partial charge in [0.1, 0.15) is 5.75 Å². The molecule has 1 nitrogen and oxygen atoms in total. The number of hydrogen-bond acceptors (Lipinski definition) is 1. The van der Waals surface area contributed by atoms with E-state index in [1.165, 1.54) is 77.0 Å². The van der Waals surface area contributed by atoms with E-state index in [9.17, 15) is 0 Å². The van der Waals surface area contributed by atoms with E-state index in [-0.39, 0.29) is 0 Å². The van der Waals surface area contributed by atoms with Crippen molar-refractivity contribution < 1.29 is 5.11 Å². The molecule has 1 aliphatic rings. The number of para-hydroxylation sites is 1. The van der Waals surface area contributed by atoms with E-state index in [0.29, 0.717) is 5.75 Å². The Hall–Kier alpha value is -1.24. The highest BCUT2D eigenvalue weighted by Crippen LogP contribution is 2.24. The Morgan fingerprint density at radius 1 is 0.864 bits per heavy atom. The lowest BCUT2D eigenvalue weighted by Gasteiger charge is -2.15. The maximum absolute atomic E-state index is 8.63. The Kier molecular flexibility index (Phi) is 11.5. The molecule has 1 saturated carbocycles. The summed E-state index contributed by atoms with van der Waals surface area (Å²) in [6, 6.07) is 8.71. The second-order valence-corrected chi connectivity index (χ2v) is 6.47. The van der Waals surface area contributed by atoms with Gasteiger partial charge in [0.2, 0.25) is 0 Å². The number of hydrogen-bond donors (Lipinski definition) is 1. The van der Waals surface area contributed by atoms with Gasteiger partial charge in [-0.1, -0.05) is 88.5 Å². The van der Waals surface area contributed by atoms with Crippen molar-refractivity contribution in [1.29, 1.82) is 0 Å². The SMILES string of the molecule is C=CCCC1CCCCCCCCCC1.Oc1ccccc1. The summed E-state index contributed by atoms with van der Waals surface area (Å²) in [4.78, 5) is 0. The highest BCUT2D eigenvalue weighted by Gasteiger charge is 2.08. The summed E-state index contributed by atoms with van der Waals surface area (Å²) in [5, 5.41) is 8.63. The number of aromatic hydroxyl groups is 1. The Balaban J connectivity index is 0.000000287. The van der Waals surface area contributed by atoms with Gasteiger partial charge in [0, 0.05) is 0 Å². The Morgan fingerprint density at radius 2 is 1.36 bits per heavy atom. The van der Waals surface area contributed by atoms with Crippen LogP contribution in [-0.2, 0) is 0 Å². The lowest BCUT2D eigenvalue weighted by Crippen LogP contribution is -2.00. The molecule has 0 heterocycles. The standard InChI is InChI=1S/C15H28.C6H6O/c1-2-3-12-15-13-10-8-6-4-5-7-9-11-14-15;7-6-4-2-1-3-5-6/h2,15H,1,3-14H2;1-5,7H. The van der Waals surface area contributed by atoms with E-state index in [1.807, 2.05) is 6.07 Å². The largest absolute Gasteiger partial charge is 0.508 e. The topological polar surface area (TPSA) is 20.2 Å².